The molecule has 0 spiro atoms. The van der Waals surface area contributed by atoms with Crippen LogP contribution >= 0.6 is 11.8 Å². The van der Waals surface area contributed by atoms with E-state index in [1.807, 2.05) is 38.1 Å². The van der Waals surface area contributed by atoms with Crippen LogP contribution in [0.2, 0.25) is 0 Å². The van der Waals surface area contributed by atoms with Crippen molar-refractivity contribution in [3.05, 3.63) is 59.0 Å². The van der Waals surface area contributed by atoms with E-state index in [0.717, 1.165) is 23.4 Å². The lowest BCUT2D eigenvalue weighted by molar-refractivity contribution is -0.139. The van der Waals surface area contributed by atoms with Crippen molar-refractivity contribution >= 4 is 40.6 Å². The van der Waals surface area contributed by atoms with Gasteiger partial charge < -0.3 is 14.6 Å². The third kappa shape index (κ3) is 6.11. The van der Waals surface area contributed by atoms with Crippen molar-refractivity contribution in [3.63, 3.8) is 0 Å². The smallest absolute Gasteiger partial charge is 0.341 e. The Labute approximate surface area is 185 Å². The van der Waals surface area contributed by atoms with Crippen LogP contribution in [-0.4, -0.2) is 46.8 Å². The van der Waals surface area contributed by atoms with Crippen LogP contribution in [0, 0.1) is 0 Å². The molecule has 1 heterocycles. The number of carboxylic acid groups (broad SMARTS) is 1. The van der Waals surface area contributed by atoms with Crippen molar-refractivity contribution in [1.29, 1.82) is 0 Å². The molecule has 1 amide bonds. The Bertz CT molecular complexity index is 984. The van der Waals surface area contributed by atoms with Crippen LogP contribution < -0.4 is 9.47 Å². The second-order valence-corrected chi connectivity index (χ2v) is 7.65. The molecule has 0 aromatic heterocycles. The third-order valence-corrected chi connectivity index (χ3v) is 5.25. The zero-order chi connectivity index (χ0) is 22.2. The highest BCUT2D eigenvalue weighted by Crippen LogP contribution is 2.34. The molecular weight excluding hydrogens is 416 g/mol. The lowest BCUT2D eigenvalue weighted by Crippen LogP contribution is -2.29. The number of ether oxygens (including phenoxy) is 2. The van der Waals surface area contributed by atoms with Gasteiger partial charge in [0.15, 0.2) is 11.8 Å². The van der Waals surface area contributed by atoms with E-state index in [0.29, 0.717) is 29.0 Å². The van der Waals surface area contributed by atoms with Gasteiger partial charge in [-0.2, -0.15) is 0 Å². The van der Waals surface area contributed by atoms with E-state index in [9.17, 15) is 9.59 Å². The Hall–Kier alpha value is -3.26. The molecule has 3 rings (SSSR count). The molecule has 1 N–H and O–H groups in total. The minimum atomic E-state index is -1.03. The number of carboxylic acids is 1. The molecule has 8 heteroatoms. The zero-order valence-corrected chi connectivity index (χ0v) is 18.2. The zero-order valence-electron chi connectivity index (χ0n) is 17.4. The summed E-state index contributed by atoms with van der Waals surface area (Å²) in [6.07, 6.45) is 2.62. The van der Waals surface area contributed by atoms with Gasteiger partial charge in [-0.1, -0.05) is 19.1 Å². The number of benzene rings is 2. The predicted molar refractivity (Wildman–Crippen MR) is 122 cm³/mol. The van der Waals surface area contributed by atoms with Gasteiger partial charge in [0.1, 0.15) is 11.5 Å². The molecule has 2 aromatic carbocycles. The lowest BCUT2D eigenvalue weighted by Gasteiger charge is -2.14. The number of amides is 1. The van der Waals surface area contributed by atoms with Gasteiger partial charge >= 0.3 is 5.97 Å². The van der Waals surface area contributed by atoms with Gasteiger partial charge in [-0.05, 0) is 73.1 Å². The van der Waals surface area contributed by atoms with Crippen molar-refractivity contribution < 1.29 is 24.2 Å². The van der Waals surface area contributed by atoms with E-state index in [-0.39, 0.29) is 5.91 Å². The quantitative estimate of drug-likeness (QED) is 0.575. The molecule has 1 fully saturated rings. The van der Waals surface area contributed by atoms with Crippen LogP contribution in [0.3, 0.4) is 0 Å². The van der Waals surface area contributed by atoms with Gasteiger partial charge in [0.05, 0.1) is 17.2 Å². The van der Waals surface area contributed by atoms with Crippen LogP contribution in [-0.2, 0) is 9.59 Å². The maximum Gasteiger partial charge on any atom is 0.341 e. The highest BCUT2D eigenvalue weighted by atomic mass is 32.2. The molecule has 162 valence electrons. The van der Waals surface area contributed by atoms with E-state index < -0.39 is 12.6 Å². The first-order chi connectivity index (χ1) is 15.0. The maximum atomic E-state index is 12.9. The highest BCUT2D eigenvalue weighted by molar-refractivity contribution is 8.18. The number of aliphatic imine (C=N–C) groups is 1. The van der Waals surface area contributed by atoms with Gasteiger partial charge in [-0.15, -0.1) is 0 Å². The van der Waals surface area contributed by atoms with Gasteiger partial charge in [0.2, 0.25) is 0 Å². The maximum absolute atomic E-state index is 12.9. The topological polar surface area (TPSA) is 88.4 Å². The molecule has 0 bridgehead atoms. The summed E-state index contributed by atoms with van der Waals surface area (Å²) in [6, 6.07) is 14.4. The number of hydrogen-bond donors (Lipinski definition) is 1. The van der Waals surface area contributed by atoms with Crippen molar-refractivity contribution in [1.82, 2.24) is 4.90 Å². The fourth-order valence-electron chi connectivity index (χ4n) is 2.86. The SMILES string of the molecule is CCCN1C(=O)/C(=C/c2ccc(OCC(=O)O)cc2)SC1=Nc1ccc(OCC)cc1. The Kier molecular flexibility index (Phi) is 7.72. The molecule has 1 aliphatic heterocycles. The van der Waals surface area contributed by atoms with Crippen molar-refractivity contribution in [2.45, 2.75) is 20.3 Å². The number of carbonyl (C=O) groups excluding carboxylic acids is 1. The summed E-state index contributed by atoms with van der Waals surface area (Å²) in [5.41, 5.74) is 1.57. The predicted octanol–water partition coefficient (Wildman–Crippen LogP) is 4.56. The summed E-state index contributed by atoms with van der Waals surface area (Å²) in [6.45, 7) is 4.74. The number of rotatable bonds is 9. The lowest BCUT2D eigenvalue weighted by atomic mass is 10.2. The van der Waals surface area contributed by atoms with Gasteiger partial charge in [0.25, 0.3) is 5.91 Å². The van der Waals surface area contributed by atoms with Crippen molar-refractivity contribution in [2.75, 3.05) is 19.8 Å². The van der Waals surface area contributed by atoms with Crippen LogP contribution in [0.25, 0.3) is 6.08 Å². The van der Waals surface area contributed by atoms with Crippen LogP contribution in [0.1, 0.15) is 25.8 Å². The molecule has 0 atom stereocenters. The minimum absolute atomic E-state index is 0.0808. The Morgan fingerprint density at radius 2 is 1.71 bits per heavy atom. The molecule has 1 saturated heterocycles. The largest absolute Gasteiger partial charge is 0.494 e. The number of amidine groups is 1. The Morgan fingerprint density at radius 3 is 2.32 bits per heavy atom. The second-order valence-electron chi connectivity index (χ2n) is 6.64. The number of carbonyl (C=O) groups is 2. The third-order valence-electron chi connectivity index (χ3n) is 4.25. The first-order valence-electron chi connectivity index (χ1n) is 9.97. The van der Waals surface area contributed by atoms with Crippen LogP contribution in [0.15, 0.2) is 58.4 Å². The number of thioether (sulfide) groups is 1. The van der Waals surface area contributed by atoms with Crippen LogP contribution in [0.4, 0.5) is 5.69 Å². The Balaban J connectivity index is 1.79. The molecule has 0 aliphatic carbocycles. The van der Waals surface area contributed by atoms with Crippen molar-refractivity contribution in [3.8, 4) is 11.5 Å². The summed E-state index contributed by atoms with van der Waals surface area (Å²) >= 11 is 1.34. The monoisotopic (exact) mass is 440 g/mol. The molecule has 1 aliphatic rings. The first kappa shape index (κ1) is 22.4. The second kappa shape index (κ2) is 10.7. The summed E-state index contributed by atoms with van der Waals surface area (Å²) in [4.78, 5) is 30.5. The average molecular weight is 441 g/mol. The highest BCUT2D eigenvalue weighted by Gasteiger charge is 2.32. The molecule has 2 aromatic rings. The fourth-order valence-corrected chi connectivity index (χ4v) is 3.89. The van der Waals surface area contributed by atoms with Crippen LogP contribution in [0.5, 0.6) is 11.5 Å². The van der Waals surface area contributed by atoms with E-state index in [4.69, 9.17) is 14.6 Å². The van der Waals surface area contributed by atoms with Gasteiger partial charge in [-0.3, -0.25) is 9.69 Å². The molecule has 7 nitrogen and oxygen atoms in total. The molecule has 0 radical (unpaired) electrons. The normalized spacial score (nSPS) is 16.2. The van der Waals surface area contributed by atoms with Gasteiger partial charge in [0, 0.05) is 6.54 Å². The molecular formula is C23H24N2O5S. The number of aliphatic carboxylic acids is 1. The molecule has 31 heavy (non-hydrogen) atoms. The average Bonchev–Trinajstić information content (AvgIpc) is 3.04. The minimum Gasteiger partial charge on any atom is -0.494 e. The van der Waals surface area contributed by atoms with Crippen molar-refractivity contribution in [2.24, 2.45) is 4.99 Å². The standard InChI is InChI=1S/C23H24N2O5S/c1-3-13-25-22(28)20(14-16-5-9-19(10-6-16)30-15-21(26)27)31-23(25)24-17-7-11-18(12-8-17)29-4-2/h5-12,14H,3-4,13,15H2,1-2H3,(H,26,27)/b20-14-,24-23?. The van der Waals surface area contributed by atoms with E-state index in [2.05, 4.69) is 4.99 Å². The number of hydrogen-bond acceptors (Lipinski definition) is 6. The van der Waals surface area contributed by atoms with E-state index in [1.54, 1.807) is 35.2 Å². The number of nitrogens with zero attached hydrogens (tertiary/aromatic N) is 2. The van der Waals surface area contributed by atoms with E-state index in [1.165, 1.54) is 11.8 Å². The fraction of sp³-hybridized carbons (Fsp3) is 0.261. The first-order valence-corrected chi connectivity index (χ1v) is 10.8. The Morgan fingerprint density at radius 1 is 1.06 bits per heavy atom. The summed E-state index contributed by atoms with van der Waals surface area (Å²) in [5, 5.41) is 9.33. The van der Waals surface area contributed by atoms with Gasteiger partial charge in [-0.25, -0.2) is 9.79 Å². The summed E-state index contributed by atoms with van der Waals surface area (Å²) in [7, 11) is 0. The van der Waals surface area contributed by atoms with E-state index >= 15 is 0 Å². The molecule has 0 unspecified atom stereocenters. The summed E-state index contributed by atoms with van der Waals surface area (Å²) in [5.74, 6) is 0.126. The summed E-state index contributed by atoms with van der Waals surface area (Å²) < 4.78 is 10.6. The molecule has 0 saturated carbocycles.